The number of hydrogen-bond donors (Lipinski definition) is 0. The Balaban J connectivity index is 2.29. The zero-order valence-electron chi connectivity index (χ0n) is 15.3. The van der Waals surface area contributed by atoms with Crippen LogP contribution in [0.4, 0.5) is 0 Å². The number of rotatable bonds is 6. The first-order valence-corrected chi connectivity index (χ1v) is 8.21. The lowest BCUT2D eigenvalue weighted by atomic mass is 9.99. The van der Waals surface area contributed by atoms with E-state index < -0.39 is 24.1 Å². The van der Waals surface area contributed by atoms with Crippen molar-refractivity contribution in [1.82, 2.24) is 0 Å². The third-order valence-electron chi connectivity index (χ3n) is 4.01. The van der Waals surface area contributed by atoms with Crippen LogP contribution in [0.3, 0.4) is 0 Å². The van der Waals surface area contributed by atoms with Crippen LogP contribution in [-0.2, 0) is 19.1 Å². The van der Waals surface area contributed by atoms with Crippen LogP contribution in [0.5, 0.6) is 5.75 Å². The topological polar surface area (TPSA) is 78.9 Å². The Kier molecular flexibility index (Phi) is 5.97. The van der Waals surface area contributed by atoms with E-state index in [4.69, 9.17) is 14.2 Å². The third-order valence-corrected chi connectivity index (χ3v) is 4.01. The summed E-state index contributed by atoms with van der Waals surface area (Å²) in [7, 11) is 0. The van der Waals surface area contributed by atoms with Gasteiger partial charge in [-0.1, -0.05) is 12.7 Å². The lowest BCUT2D eigenvalue weighted by molar-refractivity contribution is -0.148. The van der Waals surface area contributed by atoms with E-state index in [0.29, 0.717) is 22.4 Å². The zero-order valence-corrected chi connectivity index (χ0v) is 15.3. The number of fused-ring (bicyclic) bond motifs is 1. The van der Waals surface area contributed by atoms with E-state index in [9.17, 15) is 14.4 Å². The van der Waals surface area contributed by atoms with E-state index in [1.807, 2.05) is 0 Å². The maximum atomic E-state index is 12.5. The molecule has 1 aliphatic heterocycles. The molecule has 0 saturated carbocycles. The summed E-state index contributed by atoms with van der Waals surface area (Å²) in [6.45, 7) is 9.88. The molecule has 0 aromatic heterocycles. The molecule has 0 aliphatic carbocycles. The van der Waals surface area contributed by atoms with Gasteiger partial charge >= 0.3 is 11.9 Å². The maximum Gasteiger partial charge on any atom is 0.337 e. The molecule has 0 radical (unpaired) electrons. The van der Waals surface area contributed by atoms with Crippen molar-refractivity contribution in [3.63, 3.8) is 0 Å². The van der Waals surface area contributed by atoms with Crippen molar-refractivity contribution >= 4 is 17.7 Å². The van der Waals surface area contributed by atoms with Gasteiger partial charge in [0.15, 0.2) is 18.0 Å². The summed E-state index contributed by atoms with van der Waals surface area (Å²) in [5.74, 6) is -0.657. The molecule has 0 amide bonds. The van der Waals surface area contributed by atoms with E-state index >= 15 is 0 Å². The molecule has 0 bridgehead atoms. The minimum absolute atomic E-state index is 0.0966. The third kappa shape index (κ3) is 4.20. The molecule has 0 fully saturated rings. The zero-order chi connectivity index (χ0) is 19.4. The highest BCUT2D eigenvalue weighted by molar-refractivity contribution is 5.94. The Labute approximate surface area is 152 Å². The predicted octanol–water partition coefficient (Wildman–Crippen LogP) is 3.32. The van der Waals surface area contributed by atoms with Crippen LogP contribution >= 0.6 is 0 Å². The largest absolute Gasteiger partial charge is 0.481 e. The van der Waals surface area contributed by atoms with Gasteiger partial charge in [0.2, 0.25) is 0 Å². The summed E-state index contributed by atoms with van der Waals surface area (Å²) >= 11 is 0. The maximum absolute atomic E-state index is 12.5. The Morgan fingerprint density at radius 1 is 1.23 bits per heavy atom. The van der Waals surface area contributed by atoms with Gasteiger partial charge in [-0.2, -0.15) is 0 Å². The van der Waals surface area contributed by atoms with Crippen LogP contribution < -0.4 is 4.74 Å². The fraction of sp³-hybridized carbons (Fsp3) is 0.350. The van der Waals surface area contributed by atoms with Gasteiger partial charge in [-0.25, -0.2) is 4.79 Å². The van der Waals surface area contributed by atoms with Crippen molar-refractivity contribution in [2.75, 3.05) is 6.61 Å². The number of carbonyl (C=O) groups excluding carboxylic acids is 3. The average Bonchev–Trinajstić information content (AvgIpc) is 2.93. The summed E-state index contributed by atoms with van der Waals surface area (Å²) in [6.07, 6.45) is 0.244. The Morgan fingerprint density at radius 3 is 2.46 bits per heavy atom. The summed E-state index contributed by atoms with van der Waals surface area (Å²) in [4.78, 5) is 35.1. The number of allylic oxidation sites excluding steroid dienone is 1. The number of hydrogen-bond acceptors (Lipinski definition) is 6. The van der Waals surface area contributed by atoms with Crippen LogP contribution in [0.25, 0.3) is 0 Å². The number of ether oxygens (including phenoxy) is 3. The minimum atomic E-state index is -0.735. The molecule has 0 unspecified atom stereocenters. The molecule has 1 aliphatic rings. The van der Waals surface area contributed by atoms with Crippen LogP contribution in [0, 0.1) is 0 Å². The van der Waals surface area contributed by atoms with Gasteiger partial charge in [0.05, 0.1) is 5.57 Å². The highest BCUT2D eigenvalue weighted by atomic mass is 16.6. The van der Waals surface area contributed by atoms with Crippen molar-refractivity contribution in [2.24, 2.45) is 0 Å². The van der Waals surface area contributed by atoms with Gasteiger partial charge in [0.1, 0.15) is 12.4 Å². The smallest absolute Gasteiger partial charge is 0.337 e. The summed E-state index contributed by atoms with van der Waals surface area (Å²) in [5, 5.41) is 0. The van der Waals surface area contributed by atoms with Crippen LogP contribution in [0.15, 0.2) is 42.0 Å². The van der Waals surface area contributed by atoms with E-state index in [1.54, 1.807) is 32.0 Å². The van der Waals surface area contributed by atoms with E-state index in [1.165, 1.54) is 19.9 Å². The molecule has 6 heteroatoms. The van der Waals surface area contributed by atoms with Crippen LogP contribution in [0.2, 0.25) is 0 Å². The molecule has 0 saturated heterocycles. The summed E-state index contributed by atoms with van der Waals surface area (Å²) in [5.41, 5.74) is 2.02. The molecule has 1 heterocycles. The fourth-order valence-corrected chi connectivity index (χ4v) is 2.57. The van der Waals surface area contributed by atoms with Gasteiger partial charge in [-0.05, 0) is 44.5 Å². The SMILES string of the molecule is C=C(C)[C@H]1Oc2ccc(C(C)=O)cc2[C@@H]1OC(=O)C(=CC)COC(C)=O. The number of esters is 2. The lowest BCUT2D eigenvalue weighted by Crippen LogP contribution is -2.26. The second-order valence-corrected chi connectivity index (χ2v) is 6.11. The van der Waals surface area contributed by atoms with Crippen LogP contribution in [0.1, 0.15) is 49.7 Å². The highest BCUT2D eigenvalue weighted by Gasteiger charge is 2.38. The van der Waals surface area contributed by atoms with Gasteiger partial charge in [-0.15, -0.1) is 0 Å². The highest BCUT2D eigenvalue weighted by Crippen LogP contribution is 2.42. The van der Waals surface area contributed by atoms with Crippen molar-refractivity contribution in [3.8, 4) is 5.75 Å². The quantitative estimate of drug-likeness (QED) is 0.336. The van der Waals surface area contributed by atoms with Crippen molar-refractivity contribution in [3.05, 3.63) is 53.1 Å². The van der Waals surface area contributed by atoms with Gasteiger partial charge in [0.25, 0.3) is 0 Å². The first kappa shape index (κ1) is 19.4. The standard InChI is InChI=1S/C20H22O6/c1-6-14(10-24-13(5)22)20(23)26-19-16-9-15(12(4)21)7-8-17(16)25-18(19)11(2)3/h6-9,18-19H,2,10H2,1,3-5H3/t18-,19+/m1/s1. The van der Waals surface area contributed by atoms with Crippen molar-refractivity contribution in [2.45, 2.75) is 39.9 Å². The van der Waals surface area contributed by atoms with E-state index in [0.717, 1.165) is 0 Å². The average molecular weight is 358 g/mol. The lowest BCUT2D eigenvalue weighted by Gasteiger charge is -2.20. The summed E-state index contributed by atoms with van der Waals surface area (Å²) in [6, 6.07) is 5.02. The van der Waals surface area contributed by atoms with Crippen LogP contribution in [-0.4, -0.2) is 30.4 Å². The molecule has 0 N–H and O–H groups in total. The molecule has 138 valence electrons. The fourth-order valence-electron chi connectivity index (χ4n) is 2.57. The molecule has 0 spiro atoms. The second-order valence-electron chi connectivity index (χ2n) is 6.11. The van der Waals surface area contributed by atoms with E-state index in [2.05, 4.69) is 6.58 Å². The van der Waals surface area contributed by atoms with Gasteiger partial charge in [0, 0.05) is 18.1 Å². The monoisotopic (exact) mass is 358 g/mol. The normalized spacial score (nSPS) is 18.5. The van der Waals surface area contributed by atoms with Crippen molar-refractivity contribution < 1.29 is 28.6 Å². The number of carbonyl (C=O) groups is 3. The Hall–Kier alpha value is -2.89. The predicted molar refractivity (Wildman–Crippen MR) is 94.9 cm³/mol. The molecule has 1 aromatic carbocycles. The van der Waals surface area contributed by atoms with Crippen molar-refractivity contribution in [1.29, 1.82) is 0 Å². The molecular formula is C20H22O6. The van der Waals surface area contributed by atoms with Gasteiger partial charge < -0.3 is 14.2 Å². The minimum Gasteiger partial charge on any atom is -0.481 e. The molecule has 2 rings (SSSR count). The number of benzene rings is 1. The second kappa shape index (κ2) is 7.99. The Bertz CT molecular complexity index is 789. The van der Waals surface area contributed by atoms with E-state index in [-0.39, 0.29) is 18.0 Å². The molecular weight excluding hydrogens is 336 g/mol. The first-order valence-electron chi connectivity index (χ1n) is 8.21. The molecule has 1 aromatic rings. The van der Waals surface area contributed by atoms with Gasteiger partial charge in [-0.3, -0.25) is 9.59 Å². The molecule has 6 nitrogen and oxygen atoms in total. The Morgan fingerprint density at radius 2 is 1.92 bits per heavy atom. The summed E-state index contributed by atoms with van der Waals surface area (Å²) < 4.78 is 16.3. The molecule has 2 atom stereocenters. The number of Topliss-reactive ketones (excluding diaryl/α,β-unsaturated/α-hetero) is 1. The first-order chi connectivity index (χ1) is 12.2. The number of ketones is 1. The molecule has 26 heavy (non-hydrogen) atoms.